The van der Waals surface area contributed by atoms with E-state index >= 15 is 0 Å². The van der Waals surface area contributed by atoms with E-state index in [1.807, 2.05) is 13.0 Å². The normalized spacial score (nSPS) is 22.8. The summed E-state index contributed by atoms with van der Waals surface area (Å²) in [6.07, 6.45) is 3.32. The van der Waals surface area contributed by atoms with Crippen LogP contribution in [0, 0.1) is 0 Å². The molecule has 0 aromatic heterocycles. The lowest BCUT2D eigenvalue weighted by Gasteiger charge is -2.08. The quantitative estimate of drug-likeness (QED) is 0.576. The van der Waals surface area contributed by atoms with Gasteiger partial charge < -0.3 is 9.47 Å². The first kappa shape index (κ1) is 8.08. The summed E-state index contributed by atoms with van der Waals surface area (Å²) in [5.74, 6) is 0.694. The molecule has 0 radical (unpaired) electrons. The van der Waals surface area contributed by atoms with Crippen LogP contribution in [0.4, 0.5) is 0 Å². The van der Waals surface area contributed by atoms with Crippen molar-refractivity contribution in [2.75, 3.05) is 6.61 Å². The van der Waals surface area contributed by atoms with Crippen molar-refractivity contribution < 1.29 is 9.47 Å². The first-order valence-electron chi connectivity index (χ1n) is 3.51. The number of rotatable bonds is 3. The van der Waals surface area contributed by atoms with Crippen LogP contribution in [0.5, 0.6) is 0 Å². The Morgan fingerprint density at radius 2 is 2.55 bits per heavy atom. The average molecular weight is 152 g/mol. The third-order valence-electron chi connectivity index (χ3n) is 1.46. The van der Waals surface area contributed by atoms with Gasteiger partial charge in [0.1, 0.15) is 5.76 Å². The molecule has 1 heterocycles. The van der Waals surface area contributed by atoms with Gasteiger partial charge in [-0.15, -0.1) is 6.58 Å². The van der Waals surface area contributed by atoms with Crippen LogP contribution in [-0.2, 0) is 9.47 Å². The van der Waals surface area contributed by atoms with Crippen molar-refractivity contribution in [3.05, 3.63) is 36.6 Å². The monoisotopic (exact) mass is 152 g/mol. The van der Waals surface area contributed by atoms with E-state index in [0.717, 1.165) is 5.57 Å². The molecule has 1 unspecified atom stereocenters. The molecule has 0 spiro atoms. The summed E-state index contributed by atoms with van der Waals surface area (Å²) in [7, 11) is 0. The number of hydrogen-bond acceptors (Lipinski definition) is 2. The highest BCUT2D eigenvalue weighted by Gasteiger charge is 2.16. The maximum Gasteiger partial charge on any atom is 0.220 e. The van der Waals surface area contributed by atoms with Crippen LogP contribution in [0.3, 0.4) is 0 Å². The van der Waals surface area contributed by atoms with Gasteiger partial charge in [0.15, 0.2) is 0 Å². The molecule has 0 saturated carbocycles. The van der Waals surface area contributed by atoms with Gasteiger partial charge in [-0.25, -0.2) is 0 Å². The van der Waals surface area contributed by atoms with Gasteiger partial charge >= 0.3 is 0 Å². The Hall–Kier alpha value is -1.02. The van der Waals surface area contributed by atoms with Gasteiger partial charge in [-0.05, 0) is 18.6 Å². The highest BCUT2D eigenvalue weighted by Crippen LogP contribution is 2.21. The lowest BCUT2D eigenvalue weighted by Crippen LogP contribution is -2.08. The SMILES string of the molecule is C=CCOC1C=C(C)C(=C)O1. The first-order chi connectivity index (χ1) is 5.24. The molecular formula is C9H12O2. The Morgan fingerprint density at radius 1 is 1.82 bits per heavy atom. The van der Waals surface area contributed by atoms with Crippen LogP contribution >= 0.6 is 0 Å². The first-order valence-corrected chi connectivity index (χ1v) is 3.51. The highest BCUT2D eigenvalue weighted by atomic mass is 16.7. The molecule has 2 nitrogen and oxygen atoms in total. The van der Waals surface area contributed by atoms with Gasteiger partial charge in [0.2, 0.25) is 6.29 Å². The van der Waals surface area contributed by atoms with Crippen LogP contribution in [-0.4, -0.2) is 12.9 Å². The van der Waals surface area contributed by atoms with Gasteiger partial charge in [0.05, 0.1) is 6.61 Å². The smallest absolute Gasteiger partial charge is 0.220 e. The summed E-state index contributed by atoms with van der Waals surface area (Å²) in [5, 5.41) is 0. The molecule has 1 aliphatic heterocycles. The number of hydrogen-bond donors (Lipinski definition) is 0. The van der Waals surface area contributed by atoms with E-state index in [1.54, 1.807) is 6.08 Å². The van der Waals surface area contributed by atoms with E-state index < -0.39 is 0 Å². The summed E-state index contributed by atoms with van der Waals surface area (Å²) in [6, 6.07) is 0. The van der Waals surface area contributed by atoms with Gasteiger partial charge in [-0.3, -0.25) is 0 Å². The number of allylic oxidation sites excluding steroid dienone is 1. The predicted octanol–water partition coefficient (Wildman–Crippen LogP) is 2.01. The molecule has 1 atom stereocenters. The summed E-state index contributed by atoms with van der Waals surface area (Å²) < 4.78 is 10.4. The van der Waals surface area contributed by atoms with Crippen LogP contribution in [0.25, 0.3) is 0 Å². The van der Waals surface area contributed by atoms with Crippen LogP contribution in [0.15, 0.2) is 36.6 Å². The molecule has 0 aromatic carbocycles. The van der Waals surface area contributed by atoms with Gasteiger partial charge in [0, 0.05) is 0 Å². The Balaban J connectivity index is 2.41. The van der Waals surface area contributed by atoms with E-state index in [0.29, 0.717) is 12.4 Å². The van der Waals surface area contributed by atoms with Crippen molar-refractivity contribution in [3.63, 3.8) is 0 Å². The highest BCUT2D eigenvalue weighted by molar-refractivity contribution is 5.26. The topological polar surface area (TPSA) is 18.5 Å². The maximum absolute atomic E-state index is 5.22. The van der Waals surface area contributed by atoms with Crippen molar-refractivity contribution in [1.82, 2.24) is 0 Å². The Morgan fingerprint density at radius 3 is 3.00 bits per heavy atom. The van der Waals surface area contributed by atoms with E-state index in [4.69, 9.17) is 9.47 Å². The predicted molar refractivity (Wildman–Crippen MR) is 43.9 cm³/mol. The second-order valence-corrected chi connectivity index (χ2v) is 2.38. The Kier molecular flexibility index (Phi) is 2.49. The fourth-order valence-corrected chi connectivity index (χ4v) is 0.809. The molecule has 0 bridgehead atoms. The van der Waals surface area contributed by atoms with Crippen LogP contribution in [0.2, 0.25) is 0 Å². The maximum atomic E-state index is 5.22. The van der Waals surface area contributed by atoms with Crippen molar-refractivity contribution in [3.8, 4) is 0 Å². The van der Waals surface area contributed by atoms with Gasteiger partial charge in [-0.1, -0.05) is 12.7 Å². The summed E-state index contributed by atoms with van der Waals surface area (Å²) in [4.78, 5) is 0. The summed E-state index contributed by atoms with van der Waals surface area (Å²) in [5.41, 5.74) is 1.04. The molecule has 0 N–H and O–H groups in total. The molecule has 0 fully saturated rings. The largest absolute Gasteiger partial charge is 0.462 e. The van der Waals surface area contributed by atoms with Crippen molar-refractivity contribution in [2.45, 2.75) is 13.2 Å². The zero-order valence-corrected chi connectivity index (χ0v) is 6.67. The Labute approximate surface area is 66.8 Å². The van der Waals surface area contributed by atoms with E-state index in [-0.39, 0.29) is 6.29 Å². The molecule has 1 rings (SSSR count). The second kappa shape index (κ2) is 3.39. The molecule has 11 heavy (non-hydrogen) atoms. The molecule has 2 heteroatoms. The molecule has 60 valence electrons. The summed E-state index contributed by atoms with van der Waals surface area (Å²) in [6.45, 7) is 9.68. The fourth-order valence-electron chi connectivity index (χ4n) is 0.809. The molecular weight excluding hydrogens is 140 g/mol. The molecule has 0 saturated heterocycles. The van der Waals surface area contributed by atoms with Crippen LogP contribution in [0.1, 0.15) is 6.92 Å². The minimum absolute atomic E-state index is 0.263. The lowest BCUT2D eigenvalue weighted by molar-refractivity contribution is -0.0599. The summed E-state index contributed by atoms with van der Waals surface area (Å²) >= 11 is 0. The number of ether oxygens (including phenoxy) is 2. The van der Waals surface area contributed by atoms with Crippen molar-refractivity contribution in [2.24, 2.45) is 0 Å². The van der Waals surface area contributed by atoms with E-state index in [2.05, 4.69) is 13.2 Å². The van der Waals surface area contributed by atoms with Crippen molar-refractivity contribution in [1.29, 1.82) is 0 Å². The fraction of sp³-hybridized carbons (Fsp3) is 0.333. The standard InChI is InChI=1S/C9H12O2/c1-4-5-10-9-6-7(2)8(3)11-9/h4,6,9H,1,3,5H2,2H3. The Bertz CT molecular complexity index is 204. The molecule has 1 aliphatic rings. The molecule has 0 aliphatic carbocycles. The van der Waals surface area contributed by atoms with E-state index in [1.165, 1.54) is 0 Å². The minimum atomic E-state index is -0.263. The third kappa shape index (κ3) is 1.95. The third-order valence-corrected chi connectivity index (χ3v) is 1.46. The van der Waals surface area contributed by atoms with Crippen molar-refractivity contribution >= 4 is 0 Å². The van der Waals surface area contributed by atoms with Gasteiger partial charge in [-0.2, -0.15) is 0 Å². The van der Waals surface area contributed by atoms with Crippen LogP contribution < -0.4 is 0 Å². The molecule has 0 amide bonds. The average Bonchev–Trinajstić information content (AvgIpc) is 2.28. The second-order valence-electron chi connectivity index (χ2n) is 2.38. The van der Waals surface area contributed by atoms with Gasteiger partial charge in [0.25, 0.3) is 0 Å². The lowest BCUT2D eigenvalue weighted by atomic mass is 10.3. The minimum Gasteiger partial charge on any atom is -0.462 e. The van der Waals surface area contributed by atoms with E-state index in [9.17, 15) is 0 Å². The zero-order valence-electron chi connectivity index (χ0n) is 6.67. The molecule has 0 aromatic rings. The zero-order chi connectivity index (χ0) is 8.27.